The number of fused-ring (bicyclic) bond motifs is 3. The summed E-state index contributed by atoms with van der Waals surface area (Å²) in [7, 11) is 0. The molecule has 0 unspecified atom stereocenters. The lowest BCUT2D eigenvalue weighted by molar-refractivity contribution is -0.152. The third-order valence-corrected chi connectivity index (χ3v) is 6.57. The van der Waals surface area contributed by atoms with E-state index in [-0.39, 0.29) is 29.8 Å². The maximum Gasteiger partial charge on any atom is 0.450 e. The molecule has 1 aliphatic heterocycles. The van der Waals surface area contributed by atoms with Crippen LogP contribution in [0.3, 0.4) is 0 Å². The Morgan fingerprint density at radius 1 is 0.971 bits per heavy atom. The summed E-state index contributed by atoms with van der Waals surface area (Å²) in [5.41, 5.74) is -0.00644. The van der Waals surface area contributed by atoms with Crippen LogP contribution < -0.4 is 10.2 Å². The van der Waals surface area contributed by atoms with Crippen LogP contribution in [0.5, 0.6) is 5.75 Å². The SMILES string of the molecule is O=c1c(-c2ccc(Cl)cc2)c(C(F)(F)F)oc2c3c(ccc12)OCN(CCc1ccccc1Cl)C3. The molecular weight excluding hydrogens is 502 g/mol. The van der Waals surface area contributed by atoms with Gasteiger partial charge in [0.05, 0.1) is 16.5 Å². The second-order valence-corrected chi connectivity index (χ2v) is 9.07. The first-order valence-electron chi connectivity index (χ1n) is 10.8. The fourth-order valence-electron chi connectivity index (χ4n) is 4.21. The van der Waals surface area contributed by atoms with Crippen LogP contribution in [-0.2, 0) is 19.1 Å². The number of benzene rings is 3. The Balaban J connectivity index is 1.57. The molecule has 3 aromatic carbocycles. The van der Waals surface area contributed by atoms with Gasteiger partial charge in [-0.25, -0.2) is 0 Å². The van der Waals surface area contributed by atoms with E-state index in [1.54, 1.807) is 12.1 Å². The largest absolute Gasteiger partial charge is 0.478 e. The maximum absolute atomic E-state index is 14.1. The third kappa shape index (κ3) is 4.63. The highest BCUT2D eigenvalue weighted by atomic mass is 35.5. The fourth-order valence-corrected chi connectivity index (χ4v) is 4.57. The summed E-state index contributed by atoms with van der Waals surface area (Å²) >= 11 is 12.1. The number of ether oxygens (including phenoxy) is 1. The highest BCUT2D eigenvalue weighted by Gasteiger charge is 2.40. The molecule has 35 heavy (non-hydrogen) atoms. The molecule has 0 bridgehead atoms. The van der Waals surface area contributed by atoms with Gasteiger partial charge in [0.15, 0.2) is 0 Å². The number of rotatable bonds is 4. The van der Waals surface area contributed by atoms with Crippen molar-refractivity contribution in [2.24, 2.45) is 0 Å². The molecule has 4 aromatic rings. The van der Waals surface area contributed by atoms with E-state index in [0.29, 0.717) is 34.3 Å². The van der Waals surface area contributed by atoms with Crippen LogP contribution in [0.25, 0.3) is 22.1 Å². The molecule has 4 nitrogen and oxygen atoms in total. The van der Waals surface area contributed by atoms with Crippen molar-refractivity contribution >= 4 is 34.2 Å². The van der Waals surface area contributed by atoms with Crippen LogP contribution in [0, 0.1) is 0 Å². The highest BCUT2D eigenvalue weighted by Crippen LogP contribution is 2.40. The minimum atomic E-state index is -4.88. The first kappa shape index (κ1) is 23.7. The fraction of sp³-hybridized carbons (Fsp3) is 0.192. The Labute approximate surface area is 208 Å². The standard InChI is InChI=1S/C26H18Cl2F3NO3/c27-17-7-5-16(6-8-17)22-23(33)18-9-10-21-19(24(18)35-25(22)26(29,30)31)13-32(14-34-21)12-11-15-3-1-2-4-20(15)28/h1-10H,11-14H2. The van der Waals surface area contributed by atoms with Gasteiger partial charge < -0.3 is 9.15 Å². The molecule has 180 valence electrons. The van der Waals surface area contributed by atoms with Crippen LogP contribution in [0.2, 0.25) is 10.0 Å². The van der Waals surface area contributed by atoms with Gasteiger partial charge in [-0.05, 0) is 47.9 Å². The number of nitrogens with zero attached hydrogens (tertiary/aromatic N) is 1. The molecular formula is C26H18Cl2F3NO3. The first-order chi connectivity index (χ1) is 16.7. The van der Waals surface area contributed by atoms with Gasteiger partial charge >= 0.3 is 6.18 Å². The van der Waals surface area contributed by atoms with E-state index >= 15 is 0 Å². The Hall–Kier alpha value is -3.00. The second kappa shape index (κ2) is 9.22. The molecule has 2 heterocycles. The zero-order valence-electron chi connectivity index (χ0n) is 18.2. The highest BCUT2D eigenvalue weighted by molar-refractivity contribution is 6.31. The molecule has 0 fully saturated rings. The van der Waals surface area contributed by atoms with Gasteiger partial charge in [0.25, 0.3) is 0 Å². The summed E-state index contributed by atoms with van der Waals surface area (Å²) in [6, 6.07) is 16.1. The van der Waals surface area contributed by atoms with Crippen molar-refractivity contribution in [1.82, 2.24) is 4.90 Å². The zero-order valence-corrected chi connectivity index (χ0v) is 19.7. The van der Waals surface area contributed by atoms with Crippen molar-refractivity contribution in [2.45, 2.75) is 19.1 Å². The van der Waals surface area contributed by atoms with Crippen LogP contribution in [-0.4, -0.2) is 18.2 Å². The van der Waals surface area contributed by atoms with Gasteiger partial charge in [-0.2, -0.15) is 13.2 Å². The summed E-state index contributed by atoms with van der Waals surface area (Å²) in [5.74, 6) is -0.957. The monoisotopic (exact) mass is 519 g/mol. The Morgan fingerprint density at radius 3 is 2.43 bits per heavy atom. The van der Waals surface area contributed by atoms with Crippen molar-refractivity contribution in [2.75, 3.05) is 13.3 Å². The van der Waals surface area contributed by atoms with Crippen LogP contribution in [0.4, 0.5) is 13.2 Å². The smallest absolute Gasteiger partial charge is 0.450 e. The van der Waals surface area contributed by atoms with Crippen molar-refractivity contribution in [1.29, 1.82) is 0 Å². The first-order valence-corrected chi connectivity index (χ1v) is 11.5. The molecule has 0 spiro atoms. The normalized spacial score (nSPS) is 14.1. The van der Waals surface area contributed by atoms with E-state index in [0.717, 1.165) is 5.56 Å². The molecule has 0 N–H and O–H groups in total. The van der Waals surface area contributed by atoms with Crippen LogP contribution >= 0.6 is 23.2 Å². The van der Waals surface area contributed by atoms with Crippen molar-refractivity contribution in [3.05, 3.63) is 97.8 Å². The van der Waals surface area contributed by atoms with Crippen LogP contribution in [0.15, 0.2) is 69.9 Å². The molecule has 0 amide bonds. The van der Waals surface area contributed by atoms with E-state index in [1.165, 1.54) is 30.3 Å². The molecule has 5 rings (SSSR count). The minimum absolute atomic E-state index is 0.0539. The predicted octanol–water partition coefficient (Wildman–Crippen LogP) is 7.18. The summed E-state index contributed by atoms with van der Waals surface area (Å²) < 4.78 is 53.4. The lowest BCUT2D eigenvalue weighted by atomic mass is 10.00. The van der Waals surface area contributed by atoms with Gasteiger partial charge in [-0.3, -0.25) is 9.69 Å². The molecule has 1 aliphatic rings. The molecule has 9 heteroatoms. The van der Waals surface area contributed by atoms with E-state index < -0.39 is 22.9 Å². The molecule has 0 saturated heterocycles. The number of halogens is 5. The van der Waals surface area contributed by atoms with E-state index in [4.69, 9.17) is 32.4 Å². The Kier molecular flexibility index (Phi) is 6.25. The number of hydrogen-bond donors (Lipinski definition) is 0. The van der Waals surface area contributed by atoms with Gasteiger partial charge in [0, 0.05) is 23.1 Å². The topological polar surface area (TPSA) is 42.7 Å². The summed E-state index contributed by atoms with van der Waals surface area (Å²) in [6.45, 7) is 1.07. The Morgan fingerprint density at radius 2 is 1.71 bits per heavy atom. The average Bonchev–Trinajstić information content (AvgIpc) is 2.83. The molecule has 1 aromatic heterocycles. The van der Waals surface area contributed by atoms with Gasteiger partial charge in [0.2, 0.25) is 11.2 Å². The summed E-state index contributed by atoms with van der Waals surface area (Å²) in [6.07, 6.45) is -4.26. The summed E-state index contributed by atoms with van der Waals surface area (Å²) in [5, 5.41) is 1.04. The van der Waals surface area contributed by atoms with Crippen molar-refractivity contribution < 1.29 is 22.3 Å². The number of alkyl halides is 3. The van der Waals surface area contributed by atoms with Gasteiger partial charge in [-0.1, -0.05) is 53.5 Å². The van der Waals surface area contributed by atoms with Crippen molar-refractivity contribution in [3.8, 4) is 16.9 Å². The quantitative estimate of drug-likeness (QED) is 0.286. The maximum atomic E-state index is 14.1. The van der Waals surface area contributed by atoms with Gasteiger partial charge in [0.1, 0.15) is 18.1 Å². The molecule has 0 aliphatic carbocycles. The average molecular weight is 520 g/mol. The number of hydrogen-bond acceptors (Lipinski definition) is 4. The second-order valence-electron chi connectivity index (χ2n) is 8.23. The summed E-state index contributed by atoms with van der Waals surface area (Å²) in [4.78, 5) is 15.3. The predicted molar refractivity (Wildman–Crippen MR) is 129 cm³/mol. The van der Waals surface area contributed by atoms with E-state index in [2.05, 4.69) is 0 Å². The third-order valence-electron chi connectivity index (χ3n) is 5.95. The lowest BCUT2D eigenvalue weighted by Gasteiger charge is -2.29. The Bertz CT molecular complexity index is 1470. The van der Waals surface area contributed by atoms with E-state index in [1.807, 2.05) is 23.1 Å². The van der Waals surface area contributed by atoms with Gasteiger partial charge in [-0.15, -0.1) is 0 Å². The molecule has 0 saturated carbocycles. The molecule has 0 radical (unpaired) electrons. The molecule has 0 atom stereocenters. The minimum Gasteiger partial charge on any atom is -0.478 e. The van der Waals surface area contributed by atoms with E-state index in [9.17, 15) is 18.0 Å². The lowest BCUT2D eigenvalue weighted by Crippen LogP contribution is -2.34. The van der Waals surface area contributed by atoms with Crippen LogP contribution in [0.1, 0.15) is 16.9 Å². The zero-order chi connectivity index (χ0) is 24.7. The van der Waals surface area contributed by atoms with Crippen molar-refractivity contribution in [3.63, 3.8) is 0 Å².